The molecule has 2 aromatic rings. The number of benzene rings is 2. The highest BCUT2D eigenvalue weighted by atomic mass is 79.9. The number of halogens is 1. The van der Waals surface area contributed by atoms with Crippen LogP contribution in [-0.2, 0) is 0 Å². The fourth-order valence-electron chi connectivity index (χ4n) is 2.17. The van der Waals surface area contributed by atoms with Crippen molar-refractivity contribution in [3.63, 3.8) is 0 Å². The van der Waals surface area contributed by atoms with Crippen LogP contribution in [0.25, 0.3) is 0 Å². The molecule has 0 radical (unpaired) electrons. The van der Waals surface area contributed by atoms with Gasteiger partial charge in [0.2, 0.25) is 0 Å². The van der Waals surface area contributed by atoms with Crippen LogP contribution in [0.15, 0.2) is 48.5 Å². The van der Waals surface area contributed by atoms with Crippen LogP contribution >= 0.6 is 15.9 Å². The summed E-state index contributed by atoms with van der Waals surface area (Å²) in [5.41, 5.74) is 3.70. The van der Waals surface area contributed by atoms with Crippen LogP contribution in [0.3, 0.4) is 0 Å². The van der Waals surface area contributed by atoms with Crippen LogP contribution in [0.2, 0.25) is 0 Å². The lowest BCUT2D eigenvalue weighted by atomic mass is 10.0. The van der Waals surface area contributed by atoms with Crippen LogP contribution in [-0.4, -0.2) is 11.9 Å². The highest BCUT2D eigenvalue weighted by Crippen LogP contribution is 2.25. The van der Waals surface area contributed by atoms with Gasteiger partial charge >= 0.3 is 0 Å². The molecule has 0 amide bonds. The maximum Gasteiger partial charge on any atom is 0.125 e. The molecule has 0 spiro atoms. The zero-order valence-electron chi connectivity index (χ0n) is 11.4. The smallest absolute Gasteiger partial charge is 0.125 e. The highest BCUT2D eigenvalue weighted by molar-refractivity contribution is 9.09. The summed E-state index contributed by atoms with van der Waals surface area (Å²) in [4.78, 5) is 0. The summed E-state index contributed by atoms with van der Waals surface area (Å²) in [5, 5.41) is 0.905. The molecule has 0 saturated carbocycles. The van der Waals surface area contributed by atoms with Crippen LogP contribution in [0.4, 0.5) is 0 Å². The predicted molar refractivity (Wildman–Crippen MR) is 84.4 cm³/mol. The minimum absolute atomic E-state index is 0.375. The molecule has 2 heteroatoms. The Morgan fingerprint density at radius 2 is 1.58 bits per heavy atom. The molecular weight excluding hydrogens is 300 g/mol. The maximum atomic E-state index is 6.05. The Labute approximate surface area is 123 Å². The molecule has 1 unspecified atom stereocenters. The molecule has 2 aromatic carbocycles. The number of aryl methyl sites for hydroxylation is 2. The van der Waals surface area contributed by atoms with Crippen molar-refractivity contribution in [3.8, 4) is 5.75 Å². The minimum atomic E-state index is 0.375. The van der Waals surface area contributed by atoms with E-state index >= 15 is 0 Å². The van der Waals surface area contributed by atoms with Crippen LogP contribution in [0, 0.1) is 13.8 Å². The van der Waals surface area contributed by atoms with Gasteiger partial charge in [-0.25, -0.2) is 0 Å². The Bertz CT molecular complexity index is 502. The number of ether oxygens (including phenoxy) is 1. The molecule has 0 heterocycles. The predicted octanol–water partition coefficient (Wildman–Crippen LogP) is 4.86. The van der Waals surface area contributed by atoms with Gasteiger partial charge in [-0.3, -0.25) is 0 Å². The molecule has 19 heavy (non-hydrogen) atoms. The van der Waals surface area contributed by atoms with Gasteiger partial charge in [-0.2, -0.15) is 0 Å². The third kappa shape index (κ3) is 3.60. The van der Waals surface area contributed by atoms with Gasteiger partial charge in [-0.05, 0) is 30.5 Å². The first-order chi connectivity index (χ1) is 9.22. The molecule has 100 valence electrons. The van der Waals surface area contributed by atoms with Gasteiger partial charge in [0.15, 0.2) is 0 Å². The van der Waals surface area contributed by atoms with E-state index in [-0.39, 0.29) is 0 Å². The number of hydrogen-bond acceptors (Lipinski definition) is 1. The molecule has 0 saturated heterocycles. The lowest BCUT2D eigenvalue weighted by molar-refractivity contribution is 0.294. The summed E-state index contributed by atoms with van der Waals surface area (Å²) in [6.45, 7) is 4.88. The summed E-state index contributed by atoms with van der Waals surface area (Å²) >= 11 is 3.58. The topological polar surface area (TPSA) is 9.23 Å². The number of para-hydroxylation sites is 1. The SMILES string of the molecule is Cc1cccc(C)c1OCC(CBr)c1ccccc1. The maximum absolute atomic E-state index is 6.05. The Balaban J connectivity index is 2.09. The van der Waals surface area contributed by atoms with Gasteiger partial charge in [-0.15, -0.1) is 0 Å². The Kier molecular flexibility index (Phi) is 5.03. The van der Waals surface area contributed by atoms with E-state index in [4.69, 9.17) is 4.74 Å². The average Bonchev–Trinajstić information content (AvgIpc) is 2.43. The van der Waals surface area contributed by atoms with Crippen molar-refractivity contribution in [2.45, 2.75) is 19.8 Å². The van der Waals surface area contributed by atoms with Gasteiger partial charge in [-0.1, -0.05) is 64.5 Å². The van der Waals surface area contributed by atoms with E-state index in [1.54, 1.807) is 0 Å². The molecule has 0 fully saturated rings. The van der Waals surface area contributed by atoms with Crippen molar-refractivity contribution < 1.29 is 4.74 Å². The van der Waals surface area contributed by atoms with Crippen molar-refractivity contribution in [2.75, 3.05) is 11.9 Å². The molecule has 0 aliphatic carbocycles. The number of hydrogen-bond donors (Lipinski definition) is 0. The van der Waals surface area contributed by atoms with E-state index < -0.39 is 0 Å². The number of alkyl halides is 1. The second-order valence-electron chi connectivity index (χ2n) is 4.79. The average molecular weight is 319 g/mol. The second-order valence-corrected chi connectivity index (χ2v) is 5.44. The van der Waals surface area contributed by atoms with Crippen LogP contribution in [0.5, 0.6) is 5.75 Å². The standard InChI is InChI=1S/C17H19BrO/c1-13-7-6-8-14(2)17(13)19-12-16(11-18)15-9-4-3-5-10-15/h3-10,16H,11-12H2,1-2H3. The zero-order chi connectivity index (χ0) is 13.7. The Morgan fingerprint density at radius 3 is 2.16 bits per heavy atom. The molecule has 1 atom stereocenters. The van der Waals surface area contributed by atoms with Crippen molar-refractivity contribution in [3.05, 3.63) is 65.2 Å². The lowest BCUT2D eigenvalue weighted by Gasteiger charge is -2.18. The van der Waals surface area contributed by atoms with Crippen molar-refractivity contribution in [2.24, 2.45) is 0 Å². The normalized spacial score (nSPS) is 12.2. The molecule has 0 bridgehead atoms. The van der Waals surface area contributed by atoms with Crippen LogP contribution < -0.4 is 4.74 Å². The van der Waals surface area contributed by atoms with Crippen molar-refractivity contribution >= 4 is 15.9 Å². The van der Waals surface area contributed by atoms with E-state index in [2.05, 4.69) is 72.2 Å². The van der Waals surface area contributed by atoms with Gasteiger partial charge in [0.05, 0.1) is 6.61 Å². The first-order valence-corrected chi connectivity index (χ1v) is 7.64. The molecule has 0 aromatic heterocycles. The molecule has 2 rings (SSSR count). The first kappa shape index (κ1) is 14.1. The van der Waals surface area contributed by atoms with Gasteiger partial charge in [0.25, 0.3) is 0 Å². The highest BCUT2D eigenvalue weighted by Gasteiger charge is 2.12. The van der Waals surface area contributed by atoms with E-state index in [9.17, 15) is 0 Å². The van der Waals surface area contributed by atoms with Gasteiger partial charge < -0.3 is 4.74 Å². The third-order valence-electron chi connectivity index (χ3n) is 3.29. The van der Waals surface area contributed by atoms with Crippen molar-refractivity contribution in [1.82, 2.24) is 0 Å². The van der Waals surface area contributed by atoms with E-state index in [1.807, 2.05) is 6.07 Å². The fourth-order valence-corrected chi connectivity index (χ4v) is 2.73. The summed E-state index contributed by atoms with van der Waals surface area (Å²) in [6.07, 6.45) is 0. The Morgan fingerprint density at radius 1 is 0.947 bits per heavy atom. The molecule has 0 N–H and O–H groups in total. The van der Waals surface area contributed by atoms with Crippen LogP contribution in [0.1, 0.15) is 22.6 Å². The molecule has 0 aliphatic heterocycles. The minimum Gasteiger partial charge on any atom is -0.492 e. The third-order valence-corrected chi connectivity index (χ3v) is 4.08. The fraction of sp³-hybridized carbons (Fsp3) is 0.294. The molecule has 1 nitrogen and oxygen atoms in total. The summed E-state index contributed by atoms with van der Waals surface area (Å²) < 4.78 is 6.05. The van der Waals surface area contributed by atoms with Gasteiger partial charge in [0.1, 0.15) is 5.75 Å². The monoisotopic (exact) mass is 318 g/mol. The Hall–Kier alpha value is -1.28. The zero-order valence-corrected chi connectivity index (χ0v) is 13.0. The summed E-state index contributed by atoms with van der Waals surface area (Å²) in [5.74, 6) is 1.39. The van der Waals surface area contributed by atoms with Crippen molar-refractivity contribution in [1.29, 1.82) is 0 Å². The summed E-state index contributed by atoms with van der Waals surface area (Å²) in [6, 6.07) is 16.7. The van der Waals surface area contributed by atoms with E-state index in [0.29, 0.717) is 12.5 Å². The summed E-state index contributed by atoms with van der Waals surface area (Å²) in [7, 11) is 0. The quantitative estimate of drug-likeness (QED) is 0.715. The largest absolute Gasteiger partial charge is 0.492 e. The first-order valence-electron chi connectivity index (χ1n) is 6.52. The van der Waals surface area contributed by atoms with Gasteiger partial charge in [0, 0.05) is 11.2 Å². The molecule has 0 aliphatic rings. The lowest BCUT2D eigenvalue weighted by Crippen LogP contribution is -2.12. The van der Waals surface area contributed by atoms with E-state index in [1.165, 1.54) is 16.7 Å². The second kappa shape index (κ2) is 6.76. The number of rotatable bonds is 5. The van der Waals surface area contributed by atoms with E-state index in [0.717, 1.165) is 11.1 Å². The molecular formula is C17H19BrO.